The molecule has 0 saturated heterocycles. The summed E-state index contributed by atoms with van der Waals surface area (Å²) in [7, 11) is 0. The zero-order valence-electron chi connectivity index (χ0n) is 23.8. The van der Waals surface area contributed by atoms with E-state index in [1.807, 2.05) is 18.2 Å². The molecule has 3 aliphatic carbocycles. The Kier molecular flexibility index (Phi) is 7.65. The van der Waals surface area contributed by atoms with Crippen LogP contribution in [0, 0.1) is 0 Å². The molecule has 3 aliphatic rings. The van der Waals surface area contributed by atoms with Gasteiger partial charge in [-0.1, -0.05) is 109 Å². The van der Waals surface area contributed by atoms with Crippen LogP contribution in [0.3, 0.4) is 0 Å². The third kappa shape index (κ3) is 5.78. The van der Waals surface area contributed by atoms with Gasteiger partial charge in [0.05, 0.1) is 19.8 Å². The minimum atomic E-state index is 0.390. The molecular weight excluding hydrogens is 516 g/mol. The van der Waals surface area contributed by atoms with Crippen LogP contribution >= 0.6 is 0 Å². The van der Waals surface area contributed by atoms with Crippen LogP contribution in [0.25, 0.3) is 18.2 Å². The van der Waals surface area contributed by atoms with E-state index in [0.29, 0.717) is 37.6 Å². The number of ether oxygens (including phenoxy) is 3. The molecule has 0 fully saturated rings. The van der Waals surface area contributed by atoms with Crippen molar-refractivity contribution in [3.8, 4) is 17.2 Å². The van der Waals surface area contributed by atoms with Crippen LogP contribution in [0.4, 0.5) is 0 Å². The number of allylic oxidation sites excluding steroid dienone is 3. The highest BCUT2D eigenvalue weighted by Gasteiger charge is 2.19. The molecule has 0 radical (unpaired) electrons. The molecule has 0 bridgehead atoms. The van der Waals surface area contributed by atoms with Crippen molar-refractivity contribution in [2.24, 2.45) is 0 Å². The predicted molar refractivity (Wildman–Crippen MR) is 171 cm³/mol. The van der Waals surface area contributed by atoms with Gasteiger partial charge in [-0.2, -0.15) is 0 Å². The molecule has 0 spiro atoms. The highest BCUT2D eigenvalue weighted by Crippen LogP contribution is 2.36. The summed E-state index contributed by atoms with van der Waals surface area (Å²) in [6, 6.07) is 31.8. The first-order chi connectivity index (χ1) is 20.8. The largest absolute Gasteiger partial charge is 0.493 e. The van der Waals surface area contributed by atoms with Crippen molar-refractivity contribution >= 4 is 18.2 Å². The number of hydrogen-bond donors (Lipinski definition) is 0. The lowest BCUT2D eigenvalue weighted by Gasteiger charge is -2.17. The normalized spacial score (nSPS) is 19.0. The van der Waals surface area contributed by atoms with Crippen molar-refractivity contribution in [2.75, 3.05) is 19.8 Å². The second-order valence-corrected chi connectivity index (χ2v) is 11.3. The Hall–Kier alpha value is -4.50. The molecule has 0 aliphatic heterocycles. The molecule has 4 aromatic rings. The molecule has 0 saturated carbocycles. The molecule has 3 nitrogen and oxygen atoms in total. The fourth-order valence-electron chi connectivity index (χ4n) is 6.43. The molecule has 3 atom stereocenters. The summed E-state index contributed by atoms with van der Waals surface area (Å²) in [6.07, 6.45) is 16.3. The Bertz CT molecular complexity index is 1440. The lowest BCUT2D eigenvalue weighted by molar-refractivity contribution is 0.276. The number of hydrogen-bond acceptors (Lipinski definition) is 3. The number of rotatable bonds is 12. The molecule has 4 aromatic carbocycles. The van der Waals surface area contributed by atoms with Gasteiger partial charge in [0.1, 0.15) is 17.2 Å². The first-order valence-corrected chi connectivity index (χ1v) is 15.1. The second kappa shape index (κ2) is 12.2. The maximum atomic E-state index is 6.30. The standard InChI is InChI=1S/C39H36O3/c1-4-10-37-28(7-1)13-16-31(37)19-22-40-34-25-35(41-23-20-32-17-14-29-8-2-5-11-38(29)32)27-36(26-34)42-24-21-33-18-15-30-9-3-6-12-39(30)33/h1-18,25-27,31-33H,19-24H2. The van der Waals surface area contributed by atoms with E-state index in [-0.39, 0.29) is 0 Å². The summed E-state index contributed by atoms with van der Waals surface area (Å²) in [6.45, 7) is 1.87. The van der Waals surface area contributed by atoms with E-state index in [2.05, 4.69) is 109 Å². The second-order valence-electron chi connectivity index (χ2n) is 11.3. The third-order valence-electron chi connectivity index (χ3n) is 8.66. The molecule has 0 amide bonds. The molecular formula is C39H36O3. The lowest BCUT2D eigenvalue weighted by atomic mass is 9.98. The van der Waals surface area contributed by atoms with Crippen molar-refractivity contribution in [1.82, 2.24) is 0 Å². The SMILES string of the molecule is C1=CC(CCOc2cc(OCCC3C=Cc4ccccc43)cc(OCCC3C=Cc4ccccc43)c2)c2ccccc21. The van der Waals surface area contributed by atoms with E-state index in [1.165, 1.54) is 33.4 Å². The molecule has 210 valence electrons. The fraction of sp³-hybridized carbons (Fsp3) is 0.231. The third-order valence-corrected chi connectivity index (χ3v) is 8.66. The topological polar surface area (TPSA) is 27.7 Å². The maximum absolute atomic E-state index is 6.30. The Labute approximate surface area is 248 Å². The van der Waals surface area contributed by atoms with Gasteiger partial charge < -0.3 is 14.2 Å². The molecule has 42 heavy (non-hydrogen) atoms. The summed E-state index contributed by atoms with van der Waals surface area (Å²) in [4.78, 5) is 0. The molecule has 0 aromatic heterocycles. The van der Waals surface area contributed by atoms with Crippen molar-refractivity contribution in [1.29, 1.82) is 0 Å². The van der Waals surface area contributed by atoms with Gasteiger partial charge in [0.25, 0.3) is 0 Å². The van der Waals surface area contributed by atoms with Gasteiger partial charge in [-0.3, -0.25) is 0 Å². The first kappa shape index (κ1) is 26.4. The molecule has 0 heterocycles. The number of fused-ring (bicyclic) bond motifs is 3. The van der Waals surface area contributed by atoms with E-state index in [4.69, 9.17) is 14.2 Å². The van der Waals surface area contributed by atoms with Crippen LogP contribution in [0.1, 0.15) is 70.4 Å². The fourth-order valence-corrected chi connectivity index (χ4v) is 6.43. The van der Waals surface area contributed by atoms with Crippen LogP contribution in [0.2, 0.25) is 0 Å². The summed E-state index contributed by atoms with van der Waals surface area (Å²) >= 11 is 0. The van der Waals surface area contributed by atoms with Crippen LogP contribution in [0.5, 0.6) is 17.2 Å². The summed E-state index contributed by atoms with van der Waals surface area (Å²) in [5.41, 5.74) is 8.08. The Balaban J connectivity index is 0.994. The van der Waals surface area contributed by atoms with Gasteiger partial charge in [-0.15, -0.1) is 0 Å². The Morgan fingerprint density at radius 2 is 0.714 bits per heavy atom. The first-order valence-electron chi connectivity index (χ1n) is 15.1. The zero-order chi connectivity index (χ0) is 28.1. The van der Waals surface area contributed by atoms with Gasteiger partial charge in [0.2, 0.25) is 0 Å². The molecule has 0 N–H and O–H groups in total. The zero-order valence-corrected chi connectivity index (χ0v) is 23.8. The van der Waals surface area contributed by atoms with Crippen LogP contribution in [0.15, 0.2) is 109 Å². The lowest BCUT2D eigenvalue weighted by Crippen LogP contribution is -2.06. The van der Waals surface area contributed by atoms with Crippen molar-refractivity contribution < 1.29 is 14.2 Å². The Morgan fingerprint density at radius 1 is 0.405 bits per heavy atom. The quantitative estimate of drug-likeness (QED) is 0.175. The van der Waals surface area contributed by atoms with Crippen LogP contribution < -0.4 is 14.2 Å². The van der Waals surface area contributed by atoms with E-state index in [9.17, 15) is 0 Å². The van der Waals surface area contributed by atoms with E-state index in [0.717, 1.165) is 36.5 Å². The monoisotopic (exact) mass is 552 g/mol. The highest BCUT2D eigenvalue weighted by atomic mass is 16.5. The summed E-state index contributed by atoms with van der Waals surface area (Å²) < 4.78 is 18.9. The van der Waals surface area contributed by atoms with Gasteiger partial charge in [0.15, 0.2) is 0 Å². The Morgan fingerprint density at radius 3 is 1.05 bits per heavy atom. The van der Waals surface area contributed by atoms with Crippen LogP contribution in [-0.2, 0) is 0 Å². The van der Waals surface area contributed by atoms with Crippen LogP contribution in [-0.4, -0.2) is 19.8 Å². The summed E-state index contributed by atoms with van der Waals surface area (Å²) in [5.74, 6) is 3.53. The molecule has 3 heteroatoms. The molecule has 3 unspecified atom stereocenters. The van der Waals surface area contributed by atoms with E-state index in [1.54, 1.807) is 0 Å². The smallest absolute Gasteiger partial charge is 0.126 e. The van der Waals surface area contributed by atoms with Crippen molar-refractivity contribution in [3.05, 3.63) is 143 Å². The van der Waals surface area contributed by atoms with E-state index < -0.39 is 0 Å². The van der Waals surface area contributed by atoms with Gasteiger partial charge >= 0.3 is 0 Å². The number of benzene rings is 4. The predicted octanol–water partition coefficient (Wildman–Crippen LogP) is 9.43. The van der Waals surface area contributed by atoms with E-state index >= 15 is 0 Å². The molecule has 7 rings (SSSR count). The van der Waals surface area contributed by atoms with Gasteiger partial charge in [-0.25, -0.2) is 0 Å². The minimum Gasteiger partial charge on any atom is -0.493 e. The average Bonchev–Trinajstić information content (AvgIpc) is 3.75. The van der Waals surface area contributed by atoms with Crippen molar-refractivity contribution in [2.45, 2.75) is 37.0 Å². The summed E-state index contributed by atoms with van der Waals surface area (Å²) in [5, 5.41) is 0. The maximum Gasteiger partial charge on any atom is 0.126 e. The minimum absolute atomic E-state index is 0.390. The van der Waals surface area contributed by atoms with Crippen molar-refractivity contribution in [3.63, 3.8) is 0 Å². The highest BCUT2D eigenvalue weighted by molar-refractivity contribution is 5.63. The van der Waals surface area contributed by atoms with Gasteiger partial charge in [0, 0.05) is 36.0 Å². The van der Waals surface area contributed by atoms with Gasteiger partial charge in [-0.05, 0) is 52.6 Å². The average molecular weight is 553 g/mol.